The Kier molecular flexibility index (Phi) is 10.1. The fourth-order valence-electron chi connectivity index (χ4n) is 4.26. The first-order valence-corrected chi connectivity index (χ1v) is 11.0. The lowest BCUT2D eigenvalue weighted by atomic mass is 9.84. The smallest absolute Gasteiger partial charge is 0.170 e. The van der Waals surface area contributed by atoms with Crippen molar-refractivity contribution in [2.75, 3.05) is 6.54 Å². The van der Waals surface area contributed by atoms with E-state index in [0.29, 0.717) is 0 Å². The number of rotatable bonds is 10. The standard InChI is InChI=1S/C19H23FN12O5/c20-13-14(28-32-24)19(37-17-11(27-31-23)6-10(26-30-22)15(33)16(17)34)36-12(7-25-29-21)18(13)35-8-9-4-2-1-3-5-9/h1-5,10-19,33-34H,6-8H2. The van der Waals surface area contributed by atoms with Gasteiger partial charge in [-0.05, 0) is 34.1 Å². The summed E-state index contributed by atoms with van der Waals surface area (Å²) in [6.45, 7) is -0.391. The highest BCUT2D eigenvalue weighted by Crippen LogP contribution is 2.34. The molecule has 1 heterocycles. The van der Waals surface area contributed by atoms with E-state index in [9.17, 15) is 10.2 Å². The Balaban J connectivity index is 1.87. The maximum atomic E-state index is 15.7. The molecule has 0 bridgehead atoms. The average Bonchev–Trinajstić information content (AvgIpc) is 2.90. The summed E-state index contributed by atoms with van der Waals surface area (Å²) in [5.41, 5.74) is 36.2. The number of nitrogens with zero attached hydrogens (tertiary/aromatic N) is 12. The van der Waals surface area contributed by atoms with E-state index in [-0.39, 0.29) is 19.6 Å². The molecule has 3 rings (SSSR count). The topological polar surface area (TPSA) is 263 Å². The second-order valence-corrected chi connectivity index (χ2v) is 8.22. The van der Waals surface area contributed by atoms with E-state index in [2.05, 4.69) is 40.1 Å². The quantitative estimate of drug-likeness (QED) is 0.267. The number of benzene rings is 1. The molecule has 10 atom stereocenters. The number of azide groups is 4. The van der Waals surface area contributed by atoms with E-state index in [1.54, 1.807) is 30.3 Å². The van der Waals surface area contributed by atoms with Gasteiger partial charge in [0.2, 0.25) is 0 Å². The van der Waals surface area contributed by atoms with Crippen LogP contribution in [-0.2, 0) is 20.8 Å². The summed E-state index contributed by atoms with van der Waals surface area (Å²) < 4.78 is 33.0. The van der Waals surface area contributed by atoms with E-state index < -0.39 is 61.1 Å². The monoisotopic (exact) mass is 518 g/mol. The van der Waals surface area contributed by atoms with Crippen LogP contribution in [0.3, 0.4) is 0 Å². The van der Waals surface area contributed by atoms with Gasteiger partial charge in [0.05, 0.1) is 43.5 Å². The average molecular weight is 518 g/mol. The molecule has 0 amide bonds. The summed E-state index contributed by atoms with van der Waals surface area (Å²) in [5.74, 6) is 0. The second kappa shape index (κ2) is 13.5. The van der Waals surface area contributed by atoms with Gasteiger partial charge in [-0.1, -0.05) is 50.8 Å². The normalized spacial score (nSPS) is 35.1. The Morgan fingerprint density at radius 3 is 2.24 bits per heavy atom. The lowest BCUT2D eigenvalue weighted by Gasteiger charge is -2.45. The Bertz CT molecular complexity index is 1100. The van der Waals surface area contributed by atoms with Gasteiger partial charge < -0.3 is 24.4 Å². The summed E-state index contributed by atoms with van der Waals surface area (Å²) in [7, 11) is 0. The first kappa shape index (κ1) is 27.8. The summed E-state index contributed by atoms with van der Waals surface area (Å²) in [6, 6.07) is 4.93. The van der Waals surface area contributed by atoms with Crippen molar-refractivity contribution >= 4 is 0 Å². The third-order valence-corrected chi connectivity index (χ3v) is 6.02. The summed E-state index contributed by atoms with van der Waals surface area (Å²) in [4.78, 5) is 10.6. The molecule has 1 aromatic carbocycles. The van der Waals surface area contributed by atoms with E-state index in [4.69, 9.17) is 36.3 Å². The summed E-state index contributed by atoms with van der Waals surface area (Å²) in [6.07, 6.45) is -11.2. The van der Waals surface area contributed by atoms with Crippen LogP contribution in [0.4, 0.5) is 4.39 Å². The zero-order valence-electron chi connectivity index (χ0n) is 19.1. The van der Waals surface area contributed by atoms with Crippen LogP contribution in [0.15, 0.2) is 50.8 Å². The number of aliphatic hydroxyl groups excluding tert-OH is 2. The second-order valence-electron chi connectivity index (χ2n) is 8.22. The first-order valence-electron chi connectivity index (χ1n) is 11.0. The van der Waals surface area contributed by atoms with Gasteiger partial charge in [-0.25, -0.2) is 4.39 Å². The maximum Gasteiger partial charge on any atom is 0.170 e. The van der Waals surface area contributed by atoms with Gasteiger partial charge in [0.15, 0.2) is 6.29 Å². The Hall–Kier alpha value is -3.81. The van der Waals surface area contributed by atoms with E-state index in [1.165, 1.54) is 0 Å². The molecule has 17 nitrogen and oxygen atoms in total. The number of aliphatic hydroxyl groups is 2. The first-order chi connectivity index (χ1) is 17.9. The number of hydrogen-bond acceptors (Lipinski definition) is 9. The lowest BCUT2D eigenvalue weighted by Crippen LogP contribution is -2.62. The number of hydrogen-bond donors (Lipinski definition) is 2. The van der Waals surface area contributed by atoms with Crippen molar-refractivity contribution in [1.29, 1.82) is 0 Å². The van der Waals surface area contributed by atoms with Crippen molar-refractivity contribution in [3.05, 3.63) is 77.7 Å². The van der Waals surface area contributed by atoms with Gasteiger partial charge >= 0.3 is 0 Å². The highest BCUT2D eigenvalue weighted by molar-refractivity contribution is 5.13. The lowest BCUT2D eigenvalue weighted by molar-refractivity contribution is -0.286. The van der Waals surface area contributed by atoms with Gasteiger partial charge in [-0.15, -0.1) is 0 Å². The van der Waals surface area contributed by atoms with Crippen molar-refractivity contribution < 1.29 is 28.8 Å². The molecule has 0 radical (unpaired) electrons. The van der Waals surface area contributed by atoms with E-state index in [1.807, 2.05) is 0 Å². The molecule has 2 aliphatic rings. The van der Waals surface area contributed by atoms with Crippen molar-refractivity contribution in [2.24, 2.45) is 20.5 Å². The highest BCUT2D eigenvalue weighted by Gasteiger charge is 2.51. The van der Waals surface area contributed by atoms with Crippen LogP contribution in [0.1, 0.15) is 12.0 Å². The summed E-state index contributed by atoms with van der Waals surface area (Å²) >= 11 is 0. The largest absolute Gasteiger partial charge is 0.390 e. The van der Waals surface area contributed by atoms with Crippen molar-refractivity contribution in [3.63, 3.8) is 0 Å². The maximum absolute atomic E-state index is 15.7. The molecule has 1 aliphatic carbocycles. The van der Waals surface area contributed by atoms with Crippen LogP contribution in [0.2, 0.25) is 0 Å². The number of halogens is 1. The highest BCUT2D eigenvalue weighted by atomic mass is 19.1. The van der Waals surface area contributed by atoms with Crippen LogP contribution in [-0.4, -0.2) is 77.9 Å². The molecule has 18 heteroatoms. The molecule has 2 fully saturated rings. The number of alkyl halides is 1. The van der Waals surface area contributed by atoms with Gasteiger partial charge in [0.1, 0.15) is 24.4 Å². The predicted molar refractivity (Wildman–Crippen MR) is 123 cm³/mol. The van der Waals surface area contributed by atoms with Crippen LogP contribution in [0, 0.1) is 0 Å². The predicted octanol–water partition coefficient (Wildman–Crippen LogP) is 3.49. The molecule has 1 saturated heterocycles. The minimum atomic E-state index is -2.00. The van der Waals surface area contributed by atoms with Gasteiger partial charge in [-0.2, -0.15) is 0 Å². The molecule has 1 aromatic rings. The molecule has 1 aliphatic heterocycles. The Morgan fingerprint density at radius 1 is 0.919 bits per heavy atom. The third-order valence-electron chi connectivity index (χ3n) is 6.02. The van der Waals surface area contributed by atoms with Crippen LogP contribution in [0.25, 0.3) is 41.8 Å². The van der Waals surface area contributed by atoms with Gasteiger partial charge in [0, 0.05) is 19.6 Å². The summed E-state index contributed by atoms with van der Waals surface area (Å²) in [5, 5.41) is 34.8. The SMILES string of the molecule is [N-]=[N+]=NCC1OC(OC2C(N=[N+]=[N-])CC(N=[N+]=[N-])C(O)C2O)C(N=[N+]=[N-])C(F)C1OCc1ccccc1. The molecule has 0 spiro atoms. The zero-order chi connectivity index (χ0) is 26.8. The van der Waals surface area contributed by atoms with Crippen LogP contribution in [0.5, 0.6) is 0 Å². The molecule has 2 N–H and O–H groups in total. The van der Waals surface area contributed by atoms with Crippen LogP contribution >= 0.6 is 0 Å². The molecule has 1 saturated carbocycles. The molecular formula is C19H23FN12O5. The van der Waals surface area contributed by atoms with Gasteiger partial charge in [-0.3, -0.25) is 0 Å². The molecule has 37 heavy (non-hydrogen) atoms. The van der Waals surface area contributed by atoms with E-state index in [0.717, 1.165) is 5.56 Å². The minimum Gasteiger partial charge on any atom is -0.390 e. The van der Waals surface area contributed by atoms with Crippen LogP contribution < -0.4 is 0 Å². The molecule has 0 aromatic heterocycles. The Morgan fingerprint density at radius 2 is 1.59 bits per heavy atom. The Labute approximate surface area is 208 Å². The van der Waals surface area contributed by atoms with Crippen molar-refractivity contribution in [2.45, 2.75) is 74.1 Å². The number of ether oxygens (including phenoxy) is 3. The fraction of sp³-hybridized carbons (Fsp3) is 0.684. The zero-order valence-corrected chi connectivity index (χ0v) is 19.1. The fourth-order valence-corrected chi connectivity index (χ4v) is 4.26. The van der Waals surface area contributed by atoms with Crippen molar-refractivity contribution in [3.8, 4) is 0 Å². The molecular weight excluding hydrogens is 495 g/mol. The van der Waals surface area contributed by atoms with E-state index >= 15 is 4.39 Å². The van der Waals surface area contributed by atoms with Crippen molar-refractivity contribution in [1.82, 2.24) is 0 Å². The minimum absolute atomic E-state index is 0.0240. The molecule has 10 unspecified atom stereocenters. The molecule has 196 valence electrons. The third kappa shape index (κ3) is 6.70. The van der Waals surface area contributed by atoms with Gasteiger partial charge in [0.25, 0.3) is 0 Å².